The van der Waals surface area contributed by atoms with Crippen molar-refractivity contribution in [2.45, 2.75) is 0 Å². The molecular weight excluding hydrogens is 190 g/mol. The van der Waals surface area contributed by atoms with Crippen LogP contribution in [0.25, 0.3) is 0 Å². The second-order valence-corrected chi connectivity index (χ2v) is 2.32. The van der Waals surface area contributed by atoms with Crippen LogP contribution in [0.4, 0.5) is 11.4 Å². The van der Waals surface area contributed by atoms with Crippen LogP contribution in [-0.2, 0) is 5.21 Å². The molecule has 73 valence electrons. The summed E-state index contributed by atoms with van der Waals surface area (Å²) in [7, 11) is 0. The molecule has 1 aromatic rings. The minimum atomic E-state index is -0.696. The fourth-order valence-corrected chi connectivity index (χ4v) is 0.922. The molecule has 0 aliphatic heterocycles. The Kier molecular flexibility index (Phi) is 2.97. The number of benzene rings is 1. The maximum Gasteiger partial charge on any atom is 0.318 e. The molecule has 0 aliphatic rings. The Labute approximate surface area is 78.6 Å². The van der Waals surface area contributed by atoms with Gasteiger partial charge in [-0.15, -0.1) is 0 Å². The summed E-state index contributed by atoms with van der Waals surface area (Å²) in [5, 5.41) is 32.8. The molecular formula is C7H6N3O4. The summed E-state index contributed by atoms with van der Waals surface area (Å²) in [5.74, 6) is 0. The van der Waals surface area contributed by atoms with Crippen molar-refractivity contribution in [2.24, 2.45) is 0 Å². The first-order valence-electron chi connectivity index (χ1n) is 3.57. The molecule has 1 radical (unpaired) electrons. The summed E-state index contributed by atoms with van der Waals surface area (Å²) in [6.07, 6.45) is 0.544. The van der Waals surface area contributed by atoms with Crippen LogP contribution in [0.15, 0.2) is 24.3 Å². The van der Waals surface area contributed by atoms with Crippen LogP contribution in [0.1, 0.15) is 0 Å². The third kappa shape index (κ3) is 1.96. The van der Waals surface area contributed by atoms with Crippen LogP contribution in [0.5, 0.6) is 0 Å². The molecule has 1 aromatic carbocycles. The highest BCUT2D eigenvalue weighted by Crippen LogP contribution is 2.25. The Hall–Kier alpha value is -2.15. The van der Waals surface area contributed by atoms with E-state index in [1.54, 1.807) is 0 Å². The van der Waals surface area contributed by atoms with E-state index >= 15 is 0 Å². The predicted octanol–water partition coefficient (Wildman–Crippen LogP) is -0.647. The van der Waals surface area contributed by atoms with E-state index in [2.05, 4.69) is 0 Å². The molecule has 0 heterocycles. The number of hydrogen-bond donors (Lipinski definition) is 1. The Morgan fingerprint density at radius 1 is 1.43 bits per heavy atom. The van der Waals surface area contributed by atoms with E-state index in [9.17, 15) is 20.5 Å². The van der Waals surface area contributed by atoms with E-state index in [1.807, 2.05) is 0 Å². The lowest BCUT2D eigenvalue weighted by Gasteiger charge is -2.00. The Bertz CT molecular complexity index is 366. The van der Waals surface area contributed by atoms with Gasteiger partial charge in [0.05, 0.1) is 4.92 Å². The molecule has 1 rings (SSSR count). The van der Waals surface area contributed by atoms with Crippen LogP contribution in [0.3, 0.4) is 0 Å². The number of nitrogens with zero attached hydrogens (tertiary/aromatic N) is 2. The molecule has 0 amide bonds. The van der Waals surface area contributed by atoms with Gasteiger partial charge in [-0.1, -0.05) is 12.1 Å². The number of hydroxylamine groups is 1. The summed E-state index contributed by atoms with van der Waals surface area (Å²) < 4.78 is 0. The van der Waals surface area contributed by atoms with Gasteiger partial charge in [-0.2, -0.15) is 0 Å². The van der Waals surface area contributed by atoms with Gasteiger partial charge in [-0.05, 0) is 11.1 Å². The van der Waals surface area contributed by atoms with Crippen molar-refractivity contribution in [1.29, 1.82) is 0 Å². The molecule has 7 nitrogen and oxygen atoms in total. The van der Waals surface area contributed by atoms with E-state index in [4.69, 9.17) is 0 Å². The third-order valence-electron chi connectivity index (χ3n) is 1.49. The topological polar surface area (TPSA) is 103 Å². The molecule has 0 atom stereocenters. The summed E-state index contributed by atoms with van der Waals surface area (Å²) in [6.45, 7) is 0. The van der Waals surface area contributed by atoms with Crippen LogP contribution < -0.4 is 10.2 Å². The highest BCUT2D eigenvalue weighted by Gasteiger charge is 2.22. The Morgan fingerprint density at radius 3 is 2.64 bits per heavy atom. The number of nitro benzene ring substituents is 1. The second-order valence-electron chi connectivity index (χ2n) is 2.32. The van der Waals surface area contributed by atoms with Gasteiger partial charge in [-0.25, -0.2) is 0 Å². The molecule has 14 heavy (non-hydrogen) atoms. The van der Waals surface area contributed by atoms with Crippen molar-refractivity contribution < 1.29 is 15.3 Å². The van der Waals surface area contributed by atoms with E-state index < -0.39 is 4.92 Å². The lowest BCUT2D eigenvalue weighted by molar-refractivity contribution is -0.385. The molecule has 0 spiro atoms. The Morgan fingerprint density at radius 2 is 2.07 bits per heavy atom. The summed E-state index contributed by atoms with van der Waals surface area (Å²) >= 11 is 0. The average molecular weight is 196 g/mol. The lowest BCUT2D eigenvalue weighted by atomic mass is 10.3. The minimum Gasteiger partial charge on any atom is -0.717 e. The van der Waals surface area contributed by atoms with Crippen LogP contribution in [-0.4, -0.2) is 11.3 Å². The molecule has 0 saturated heterocycles. The van der Waals surface area contributed by atoms with Gasteiger partial charge in [0.25, 0.3) is 6.34 Å². The molecule has 0 unspecified atom stereocenters. The van der Waals surface area contributed by atoms with Gasteiger partial charge in [0.1, 0.15) is 0 Å². The largest absolute Gasteiger partial charge is 0.717 e. The van der Waals surface area contributed by atoms with E-state index in [1.165, 1.54) is 29.4 Å². The first-order chi connectivity index (χ1) is 6.66. The number of nitrogens with one attached hydrogen (secondary N) is 1. The predicted molar refractivity (Wildman–Crippen MR) is 46.7 cm³/mol. The van der Waals surface area contributed by atoms with Crippen molar-refractivity contribution in [3.05, 3.63) is 39.6 Å². The van der Waals surface area contributed by atoms with E-state index in [0.29, 0.717) is 6.34 Å². The highest BCUT2D eigenvalue weighted by atomic mass is 16.6. The quantitative estimate of drug-likeness (QED) is 0.228. The molecule has 0 aliphatic carbocycles. The first kappa shape index (κ1) is 9.93. The van der Waals surface area contributed by atoms with Crippen LogP contribution in [0.2, 0.25) is 0 Å². The normalized spacial score (nSPS) is 10.4. The van der Waals surface area contributed by atoms with Crippen LogP contribution >= 0.6 is 0 Å². The van der Waals surface area contributed by atoms with Gasteiger partial charge < -0.3 is 5.21 Å². The molecule has 0 aromatic heterocycles. The van der Waals surface area contributed by atoms with E-state index in [-0.39, 0.29) is 16.4 Å². The Balaban J connectivity index is 3.12. The van der Waals surface area contributed by atoms with Gasteiger partial charge in [0.15, 0.2) is 0 Å². The first-order valence-corrected chi connectivity index (χ1v) is 3.57. The van der Waals surface area contributed by atoms with Crippen LogP contribution in [0, 0.1) is 15.3 Å². The fourth-order valence-electron chi connectivity index (χ4n) is 0.922. The van der Waals surface area contributed by atoms with Gasteiger partial charge in [0.2, 0.25) is 5.69 Å². The molecule has 0 fully saturated rings. The summed E-state index contributed by atoms with van der Waals surface area (Å²) in [6, 6.07) is 5.32. The highest BCUT2D eigenvalue weighted by molar-refractivity contribution is 5.77. The zero-order valence-electron chi connectivity index (χ0n) is 6.91. The smallest absolute Gasteiger partial charge is 0.318 e. The monoisotopic (exact) mass is 196 g/mol. The number of anilines is 1. The molecule has 1 N–H and O–H groups in total. The average Bonchev–Trinajstić information content (AvgIpc) is 2.18. The van der Waals surface area contributed by atoms with Crippen molar-refractivity contribution in [3.8, 4) is 0 Å². The van der Waals surface area contributed by atoms with Crippen molar-refractivity contribution in [3.63, 3.8) is 0 Å². The van der Waals surface area contributed by atoms with E-state index in [0.717, 1.165) is 0 Å². The van der Waals surface area contributed by atoms with Gasteiger partial charge >= 0.3 is 5.69 Å². The number of para-hydroxylation sites is 2. The lowest BCUT2D eigenvalue weighted by Crippen LogP contribution is -2.63. The maximum absolute atomic E-state index is 11.1. The second kappa shape index (κ2) is 4.19. The van der Waals surface area contributed by atoms with Crippen molar-refractivity contribution in [2.75, 3.05) is 5.06 Å². The number of hydrogen-bond acceptors (Lipinski definition) is 3. The summed E-state index contributed by atoms with van der Waals surface area (Å²) in [5.41, 5.74) is -0.546. The standard InChI is InChI=1S/C7H6N3O4/c11-8-5-9(12)6-3-1-2-4-7(6)10(13)14/h1-5,8H. The third-order valence-corrected chi connectivity index (χ3v) is 1.49. The molecule has 0 bridgehead atoms. The SMILES string of the molecule is [O]N(C=[NH+][O-])c1ccccc1[N+](=O)[O-]. The molecule has 7 heteroatoms. The number of nitro groups is 1. The zero-order chi connectivity index (χ0) is 10.6. The zero-order valence-corrected chi connectivity index (χ0v) is 6.91. The fraction of sp³-hybridized carbons (Fsp3) is 0. The minimum absolute atomic E-state index is 0.102. The summed E-state index contributed by atoms with van der Waals surface area (Å²) in [4.78, 5) is 9.76. The molecule has 0 saturated carbocycles. The maximum atomic E-state index is 11.1. The van der Waals surface area contributed by atoms with Gasteiger partial charge in [-0.3, -0.25) is 15.3 Å². The van der Waals surface area contributed by atoms with Crippen molar-refractivity contribution in [1.82, 2.24) is 0 Å². The van der Waals surface area contributed by atoms with Gasteiger partial charge in [0, 0.05) is 11.3 Å². The number of rotatable bonds is 3. The van der Waals surface area contributed by atoms with Crippen molar-refractivity contribution >= 4 is 17.7 Å².